The molecule has 0 spiro atoms. The number of carbonyl (C=O) groups is 6. The highest BCUT2D eigenvalue weighted by Gasteiger charge is 2.44. The van der Waals surface area contributed by atoms with Crippen LogP contribution in [-0.2, 0) is 60.8 Å². The van der Waals surface area contributed by atoms with Gasteiger partial charge >= 0.3 is 24.1 Å². The van der Waals surface area contributed by atoms with Crippen LogP contribution in [0.2, 0.25) is 0 Å². The summed E-state index contributed by atoms with van der Waals surface area (Å²) in [5.74, 6) is -2.70. The molecule has 61 heavy (non-hydrogen) atoms. The maximum absolute atomic E-state index is 15.0. The van der Waals surface area contributed by atoms with Crippen molar-refractivity contribution in [1.29, 1.82) is 0 Å². The zero-order chi connectivity index (χ0) is 45.0. The summed E-state index contributed by atoms with van der Waals surface area (Å²) < 4.78 is 33.8. The van der Waals surface area contributed by atoms with E-state index in [1.807, 2.05) is 36.4 Å². The number of nitrogens with one attached hydrogen (secondary N) is 2. The van der Waals surface area contributed by atoms with E-state index in [0.29, 0.717) is 31.2 Å². The van der Waals surface area contributed by atoms with Crippen LogP contribution in [-0.4, -0.2) is 114 Å². The summed E-state index contributed by atoms with van der Waals surface area (Å²) in [5, 5.41) is 5.28. The number of alkyl carbamates (subject to hydrolysis) is 2. The van der Waals surface area contributed by atoms with Crippen LogP contribution in [0.15, 0.2) is 60.7 Å². The van der Waals surface area contributed by atoms with Crippen molar-refractivity contribution in [3.63, 3.8) is 0 Å². The lowest BCUT2D eigenvalue weighted by atomic mass is 10.0. The molecule has 16 heteroatoms. The number of amides is 4. The molecule has 16 nitrogen and oxygen atoms in total. The lowest BCUT2D eigenvalue weighted by molar-refractivity contribution is -0.172. The molecule has 0 aromatic heterocycles. The molecule has 0 bridgehead atoms. The van der Waals surface area contributed by atoms with Crippen LogP contribution in [0.3, 0.4) is 0 Å². The number of benzene rings is 2. The van der Waals surface area contributed by atoms with E-state index in [9.17, 15) is 24.0 Å². The Balaban J connectivity index is 1.98. The van der Waals surface area contributed by atoms with Crippen LogP contribution in [0.5, 0.6) is 0 Å². The van der Waals surface area contributed by atoms with Crippen molar-refractivity contribution >= 4 is 35.9 Å². The van der Waals surface area contributed by atoms with E-state index >= 15 is 4.79 Å². The van der Waals surface area contributed by atoms with Crippen LogP contribution >= 0.6 is 0 Å². The van der Waals surface area contributed by atoms with E-state index in [2.05, 4.69) is 10.6 Å². The van der Waals surface area contributed by atoms with E-state index in [1.165, 1.54) is 9.80 Å². The largest absolute Gasteiger partial charge is 0.461 e. The Labute approximate surface area is 360 Å². The van der Waals surface area contributed by atoms with Crippen molar-refractivity contribution in [2.24, 2.45) is 0 Å². The van der Waals surface area contributed by atoms with Gasteiger partial charge in [0.05, 0.1) is 13.0 Å². The van der Waals surface area contributed by atoms with Crippen LogP contribution < -0.4 is 10.6 Å². The van der Waals surface area contributed by atoms with Crippen LogP contribution in [0.1, 0.15) is 105 Å². The number of likely N-dealkylation sites (tertiary alicyclic amines) is 1. The number of hydrogen-bond acceptors (Lipinski definition) is 12. The molecule has 1 saturated heterocycles. The van der Waals surface area contributed by atoms with Crippen molar-refractivity contribution in [3.05, 3.63) is 71.8 Å². The van der Waals surface area contributed by atoms with Gasteiger partial charge in [-0.15, -0.1) is 0 Å². The standard InChI is InChI=1S/C45H66N4O12/c1-9-56-38(57-10-2)29-49(39(51)34(47-43(55)61-45(6,7)8)28-37(50)58-30-32-20-13-11-14-21-32)35(40(52)48-27-19-25-36(48)41(53)60-44(3,4)5)24-17-18-26-46-42(54)59-31-33-22-15-12-16-23-33/h11-16,20-23,34-36,38H,9-10,17-19,24-31H2,1-8H3,(H,46,54)(H,47,55)/t34-,35-,36-/m0/s1. The minimum absolute atomic E-state index is 0.0609. The summed E-state index contributed by atoms with van der Waals surface area (Å²) in [5.41, 5.74) is -0.223. The Morgan fingerprint density at radius 1 is 0.770 bits per heavy atom. The van der Waals surface area contributed by atoms with Crippen LogP contribution in [0, 0.1) is 0 Å². The number of nitrogens with zero attached hydrogens (tertiary/aromatic N) is 2. The summed E-state index contributed by atoms with van der Waals surface area (Å²) in [6.45, 7) is 14.3. The van der Waals surface area contributed by atoms with Gasteiger partial charge in [0.2, 0.25) is 11.8 Å². The monoisotopic (exact) mass is 854 g/mol. The molecule has 0 aliphatic carbocycles. The van der Waals surface area contributed by atoms with E-state index in [-0.39, 0.29) is 52.5 Å². The molecule has 338 valence electrons. The number of unbranched alkanes of at least 4 members (excludes halogenated alkanes) is 1. The van der Waals surface area contributed by atoms with Gasteiger partial charge in [0.15, 0.2) is 6.29 Å². The average molecular weight is 855 g/mol. The maximum Gasteiger partial charge on any atom is 0.408 e. The van der Waals surface area contributed by atoms with Crippen LogP contribution in [0.25, 0.3) is 0 Å². The van der Waals surface area contributed by atoms with Gasteiger partial charge in [-0.05, 0) is 98.6 Å². The third-order valence-electron chi connectivity index (χ3n) is 9.20. The number of rotatable bonds is 22. The molecule has 2 aromatic rings. The molecule has 0 unspecified atom stereocenters. The molecular weight excluding hydrogens is 789 g/mol. The molecule has 1 aliphatic heterocycles. The second-order valence-electron chi connectivity index (χ2n) is 16.6. The van der Waals surface area contributed by atoms with Gasteiger partial charge in [-0.2, -0.15) is 0 Å². The third kappa shape index (κ3) is 18.5. The molecule has 2 N–H and O–H groups in total. The van der Waals surface area contributed by atoms with Crippen molar-refractivity contribution < 1.29 is 57.2 Å². The summed E-state index contributed by atoms with van der Waals surface area (Å²) in [7, 11) is 0. The Morgan fingerprint density at radius 2 is 1.34 bits per heavy atom. The van der Waals surface area contributed by atoms with Crippen molar-refractivity contribution in [1.82, 2.24) is 20.4 Å². The van der Waals surface area contributed by atoms with Gasteiger partial charge < -0.3 is 48.9 Å². The number of ether oxygens (including phenoxy) is 6. The summed E-state index contributed by atoms with van der Waals surface area (Å²) in [4.78, 5) is 85.3. The SMILES string of the molecule is CCOC(CN(C(=O)[C@H](CC(=O)OCc1ccccc1)NC(=O)OC(C)(C)C)[C@@H](CCCCNC(=O)OCc1ccccc1)C(=O)N1CCC[C@H]1C(=O)OC(C)(C)C)OCC. The Hall–Kier alpha value is -5.22. The predicted molar refractivity (Wildman–Crippen MR) is 226 cm³/mol. The summed E-state index contributed by atoms with van der Waals surface area (Å²) in [6.07, 6.45) is -1.56. The molecule has 1 heterocycles. The van der Waals surface area contributed by atoms with Gasteiger partial charge in [-0.1, -0.05) is 60.7 Å². The fraction of sp³-hybridized carbons (Fsp3) is 0.600. The van der Waals surface area contributed by atoms with Crippen molar-refractivity contribution in [2.75, 3.05) is 32.8 Å². The fourth-order valence-electron chi connectivity index (χ4n) is 6.55. The van der Waals surface area contributed by atoms with Gasteiger partial charge in [-0.3, -0.25) is 14.4 Å². The summed E-state index contributed by atoms with van der Waals surface area (Å²) >= 11 is 0. The molecule has 3 atom stereocenters. The van der Waals surface area contributed by atoms with Gasteiger partial charge in [0.1, 0.15) is 42.5 Å². The Kier molecular flexibility index (Phi) is 20.5. The second kappa shape index (κ2) is 24.9. The van der Waals surface area contributed by atoms with Gasteiger partial charge in [-0.25, -0.2) is 14.4 Å². The number of hydrogen-bond donors (Lipinski definition) is 2. The first-order valence-corrected chi connectivity index (χ1v) is 21.1. The smallest absolute Gasteiger partial charge is 0.408 e. The summed E-state index contributed by atoms with van der Waals surface area (Å²) in [6, 6.07) is 14.5. The highest BCUT2D eigenvalue weighted by Crippen LogP contribution is 2.26. The first kappa shape index (κ1) is 50.1. The lowest BCUT2D eigenvalue weighted by Crippen LogP contribution is -2.60. The zero-order valence-corrected chi connectivity index (χ0v) is 37.1. The van der Waals surface area contributed by atoms with E-state index in [0.717, 1.165) is 5.56 Å². The molecule has 4 amide bonds. The van der Waals surface area contributed by atoms with E-state index < -0.39 is 78.0 Å². The predicted octanol–water partition coefficient (Wildman–Crippen LogP) is 6.04. The average Bonchev–Trinajstić information content (AvgIpc) is 3.70. The molecular formula is C45H66N4O12. The molecule has 1 fully saturated rings. The van der Waals surface area contributed by atoms with E-state index in [1.54, 1.807) is 79.7 Å². The topological polar surface area (TPSA) is 188 Å². The zero-order valence-electron chi connectivity index (χ0n) is 37.1. The van der Waals surface area contributed by atoms with Gasteiger partial charge in [0.25, 0.3) is 0 Å². The molecule has 0 saturated carbocycles. The van der Waals surface area contributed by atoms with Gasteiger partial charge in [0, 0.05) is 26.3 Å². The minimum Gasteiger partial charge on any atom is -0.461 e. The Bertz CT molecular complexity index is 1690. The normalized spacial score (nSPS) is 15.0. The Morgan fingerprint density at radius 3 is 1.90 bits per heavy atom. The second-order valence-corrected chi connectivity index (χ2v) is 16.6. The molecule has 0 radical (unpaired) electrons. The van der Waals surface area contributed by atoms with Crippen molar-refractivity contribution in [3.8, 4) is 0 Å². The quantitative estimate of drug-likeness (QED) is 0.0606. The molecule has 3 rings (SSSR count). The first-order chi connectivity index (χ1) is 28.9. The molecule has 2 aromatic carbocycles. The highest BCUT2D eigenvalue weighted by molar-refractivity contribution is 5.95. The molecule has 1 aliphatic rings. The lowest BCUT2D eigenvalue weighted by Gasteiger charge is -2.38. The maximum atomic E-state index is 15.0. The minimum atomic E-state index is -1.56. The van der Waals surface area contributed by atoms with E-state index in [4.69, 9.17) is 28.4 Å². The number of esters is 2. The van der Waals surface area contributed by atoms with Crippen LogP contribution in [0.4, 0.5) is 9.59 Å². The number of carbonyl (C=O) groups excluding carboxylic acids is 6. The van der Waals surface area contributed by atoms with Crippen molar-refractivity contribution in [2.45, 2.75) is 143 Å². The highest BCUT2D eigenvalue weighted by atomic mass is 16.7. The third-order valence-corrected chi connectivity index (χ3v) is 9.20. The fourth-order valence-corrected chi connectivity index (χ4v) is 6.55. The first-order valence-electron chi connectivity index (χ1n) is 21.1.